The third-order valence-electron chi connectivity index (χ3n) is 4.85. The van der Waals surface area contributed by atoms with Crippen molar-refractivity contribution in [1.82, 2.24) is 4.98 Å². The summed E-state index contributed by atoms with van der Waals surface area (Å²) in [6.07, 6.45) is -2.66. The zero-order chi connectivity index (χ0) is 24.2. The lowest BCUT2D eigenvalue weighted by Crippen LogP contribution is -2.10. The van der Waals surface area contributed by atoms with Gasteiger partial charge in [0.25, 0.3) is 0 Å². The number of carboxylic acids is 1. The Kier molecular flexibility index (Phi) is 8.07. The van der Waals surface area contributed by atoms with E-state index in [1.165, 1.54) is 23.5 Å². The van der Waals surface area contributed by atoms with Crippen LogP contribution in [0, 0.1) is 6.92 Å². The van der Waals surface area contributed by atoms with E-state index in [2.05, 4.69) is 13.8 Å². The highest BCUT2D eigenvalue weighted by molar-refractivity contribution is 7.99. The Hall–Kier alpha value is -2.52. The fraction of sp³-hybridized carbons (Fsp3) is 0.333. The van der Waals surface area contributed by atoms with Gasteiger partial charge in [-0.25, -0.2) is 9.78 Å². The third kappa shape index (κ3) is 6.51. The molecule has 2 aromatic carbocycles. The number of halogens is 3. The minimum absolute atomic E-state index is 0.0810. The summed E-state index contributed by atoms with van der Waals surface area (Å²) >= 11 is 3.16. The number of aromatic nitrogens is 1. The van der Waals surface area contributed by atoms with Crippen LogP contribution >= 0.6 is 23.1 Å². The summed E-state index contributed by atoms with van der Waals surface area (Å²) in [6, 6.07) is 10.7. The number of alkyl halides is 3. The fourth-order valence-corrected chi connectivity index (χ4v) is 5.66. The summed E-state index contributed by atoms with van der Waals surface area (Å²) < 4.78 is 43.9. The number of thioether (sulfide) groups is 1. The molecule has 0 aliphatic heterocycles. The molecule has 1 aromatic heterocycles. The average Bonchev–Trinajstić information content (AvgIpc) is 3.17. The Morgan fingerprint density at radius 1 is 1.21 bits per heavy atom. The van der Waals surface area contributed by atoms with Crippen LogP contribution in [0.25, 0.3) is 10.6 Å². The summed E-state index contributed by atoms with van der Waals surface area (Å²) in [4.78, 5) is 17.6. The van der Waals surface area contributed by atoms with E-state index in [-0.39, 0.29) is 5.25 Å². The van der Waals surface area contributed by atoms with Gasteiger partial charge in [0.1, 0.15) is 10.8 Å². The molecular weight excluding hydrogens is 471 g/mol. The van der Waals surface area contributed by atoms with Crippen LogP contribution in [-0.4, -0.2) is 22.7 Å². The Labute approximate surface area is 198 Å². The van der Waals surface area contributed by atoms with E-state index in [0.717, 1.165) is 46.0 Å². The molecule has 33 heavy (non-hydrogen) atoms. The SMILES string of the molecule is CCCc1nc(-c2ccc(C(F)(F)F)cc2)sc1C(C)Sc1ccc(OCC(=O)O)c(C)c1. The first kappa shape index (κ1) is 25.1. The molecule has 1 atom stereocenters. The predicted octanol–water partition coefficient (Wildman–Crippen LogP) is 7.41. The van der Waals surface area contributed by atoms with Crippen LogP contribution in [0.2, 0.25) is 0 Å². The molecule has 1 unspecified atom stereocenters. The molecule has 3 aromatic rings. The fourth-order valence-electron chi connectivity index (χ4n) is 3.28. The zero-order valence-corrected chi connectivity index (χ0v) is 20.0. The number of ether oxygens (including phenoxy) is 1. The van der Waals surface area contributed by atoms with Crippen molar-refractivity contribution < 1.29 is 27.8 Å². The van der Waals surface area contributed by atoms with Gasteiger partial charge in [-0.1, -0.05) is 25.5 Å². The Morgan fingerprint density at radius 2 is 1.91 bits per heavy atom. The van der Waals surface area contributed by atoms with Gasteiger partial charge in [0.2, 0.25) is 0 Å². The van der Waals surface area contributed by atoms with Crippen LogP contribution in [0.1, 0.15) is 47.2 Å². The summed E-state index contributed by atoms with van der Waals surface area (Å²) in [7, 11) is 0. The second-order valence-corrected chi connectivity index (χ2v) is 9.97. The minimum Gasteiger partial charge on any atom is -0.482 e. The maximum atomic E-state index is 12.9. The number of hydrogen-bond donors (Lipinski definition) is 1. The second-order valence-electron chi connectivity index (χ2n) is 7.52. The number of hydrogen-bond acceptors (Lipinski definition) is 5. The molecule has 0 radical (unpaired) electrons. The summed E-state index contributed by atoms with van der Waals surface area (Å²) in [5.74, 6) is -0.498. The number of carboxylic acid groups (broad SMARTS) is 1. The van der Waals surface area contributed by atoms with Crippen LogP contribution in [0.5, 0.6) is 5.75 Å². The summed E-state index contributed by atoms with van der Waals surface area (Å²) in [5.41, 5.74) is 1.81. The first-order valence-electron chi connectivity index (χ1n) is 10.4. The summed E-state index contributed by atoms with van der Waals surface area (Å²) in [5, 5.41) is 9.58. The van der Waals surface area contributed by atoms with Crippen molar-refractivity contribution in [2.75, 3.05) is 6.61 Å². The molecule has 9 heteroatoms. The van der Waals surface area contributed by atoms with Crippen LogP contribution in [0.4, 0.5) is 13.2 Å². The monoisotopic (exact) mass is 495 g/mol. The quantitative estimate of drug-likeness (QED) is 0.313. The third-order valence-corrected chi connectivity index (χ3v) is 7.45. The smallest absolute Gasteiger partial charge is 0.416 e. The number of aryl methyl sites for hydroxylation is 2. The molecule has 1 N–H and O–H groups in total. The molecule has 0 amide bonds. The highest BCUT2D eigenvalue weighted by Crippen LogP contribution is 2.43. The van der Waals surface area contributed by atoms with Crippen molar-refractivity contribution in [3.63, 3.8) is 0 Å². The molecule has 0 saturated heterocycles. The molecular formula is C24H24F3NO3S2. The largest absolute Gasteiger partial charge is 0.482 e. The molecule has 1 heterocycles. The van der Waals surface area contributed by atoms with Crippen LogP contribution in [-0.2, 0) is 17.4 Å². The number of benzene rings is 2. The molecule has 0 aliphatic carbocycles. The van der Waals surface area contributed by atoms with Gasteiger partial charge in [-0.2, -0.15) is 13.2 Å². The highest BCUT2D eigenvalue weighted by Gasteiger charge is 2.30. The molecule has 0 saturated carbocycles. The zero-order valence-electron chi connectivity index (χ0n) is 18.4. The van der Waals surface area contributed by atoms with E-state index < -0.39 is 24.3 Å². The van der Waals surface area contributed by atoms with E-state index in [4.69, 9.17) is 14.8 Å². The van der Waals surface area contributed by atoms with Crippen LogP contribution in [0.3, 0.4) is 0 Å². The topological polar surface area (TPSA) is 59.4 Å². The molecule has 0 fully saturated rings. The van der Waals surface area contributed by atoms with Crippen molar-refractivity contribution in [1.29, 1.82) is 0 Å². The molecule has 4 nitrogen and oxygen atoms in total. The first-order chi connectivity index (χ1) is 15.6. The van der Waals surface area contributed by atoms with Gasteiger partial charge in [-0.05, 0) is 56.2 Å². The minimum atomic E-state index is -4.36. The number of thiazole rings is 1. The van der Waals surface area contributed by atoms with Gasteiger partial charge in [-0.15, -0.1) is 23.1 Å². The highest BCUT2D eigenvalue weighted by atomic mass is 32.2. The van der Waals surface area contributed by atoms with Crippen molar-refractivity contribution in [2.45, 2.75) is 49.9 Å². The molecule has 3 rings (SSSR count). The lowest BCUT2D eigenvalue weighted by molar-refractivity contribution is -0.139. The lowest BCUT2D eigenvalue weighted by atomic mass is 10.1. The van der Waals surface area contributed by atoms with Gasteiger partial charge in [0.15, 0.2) is 6.61 Å². The molecule has 0 bridgehead atoms. The van der Waals surface area contributed by atoms with E-state index in [0.29, 0.717) is 16.3 Å². The van der Waals surface area contributed by atoms with Crippen LogP contribution < -0.4 is 4.74 Å². The molecule has 0 spiro atoms. The van der Waals surface area contributed by atoms with Gasteiger partial charge in [0.05, 0.1) is 11.3 Å². The Bertz CT molecular complexity index is 1110. The predicted molar refractivity (Wildman–Crippen MR) is 125 cm³/mol. The maximum Gasteiger partial charge on any atom is 0.416 e. The Balaban J connectivity index is 1.81. The van der Waals surface area contributed by atoms with E-state index in [1.54, 1.807) is 17.8 Å². The standard InChI is InChI=1S/C24H24F3NO3S2/c1-4-5-19-22(33-23(28-19)16-6-8-17(9-7-16)24(25,26)27)15(3)32-18-10-11-20(14(2)12-18)31-13-21(29)30/h6-12,15H,4-5,13H2,1-3H3,(H,29,30). The molecule has 0 aliphatic rings. The van der Waals surface area contributed by atoms with Crippen molar-refractivity contribution >= 4 is 29.1 Å². The second kappa shape index (κ2) is 10.6. The van der Waals surface area contributed by atoms with Crippen molar-refractivity contribution in [3.8, 4) is 16.3 Å². The Morgan fingerprint density at radius 3 is 2.48 bits per heavy atom. The number of nitrogens with zero attached hydrogens (tertiary/aromatic N) is 1. The normalized spacial score (nSPS) is 12.5. The van der Waals surface area contributed by atoms with Gasteiger partial charge >= 0.3 is 12.1 Å². The number of carbonyl (C=O) groups is 1. The van der Waals surface area contributed by atoms with Gasteiger partial charge in [0, 0.05) is 20.6 Å². The maximum absolute atomic E-state index is 12.9. The van der Waals surface area contributed by atoms with E-state index in [9.17, 15) is 18.0 Å². The average molecular weight is 496 g/mol. The first-order valence-corrected chi connectivity index (χ1v) is 12.1. The lowest BCUT2D eigenvalue weighted by Gasteiger charge is -2.13. The summed E-state index contributed by atoms with van der Waals surface area (Å²) in [6.45, 7) is 5.62. The van der Waals surface area contributed by atoms with E-state index in [1.807, 2.05) is 19.1 Å². The number of aliphatic carboxylic acids is 1. The van der Waals surface area contributed by atoms with Crippen molar-refractivity contribution in [2.24, 2.45) is 0 Å². The van der Waals surface area contributed by atoms with Crippen LogP contribution in [0.15, 0.2) is 47.4 Å². The van der Waals surface area contributed by atoms with Gasteiger partial charge in [-0.3, -0.25) is 0 Å². The van der Waals surface area contributed by atoms with E-state index >= 15 is 0 Å². The van der Waals surface area contributed by atoms with Gasteiger partial charge < -0.3 is 9.84 Å². The molecule has 176 valence electrons. The number of rotatable bonds is 9. The van der Waals surface area contributed by atoms with Crippen molar-refractivity contribution in [3.05, 3.63) is 64.2 Å².